The number of rotatable bonds is 16. The molecule has 2 unspecified atom stereocenters. The van der Waals surface area contributed by atoms with Gasteiger partial charge in [-0.15, -0.1) is 0 Å². The van der Waals surface area contributed by atoms with Gasteiger partial charge in [-0.05, 0) is 42.5 Å². The third kappa shape index (κ3) is 9.12. The number of carboxylic acid groups (broad SMARTS) is 2. The van der Waals surface area contributed by atoms with Crippen molar-refractivity contribution in [3.05, 3.63) is 88.0 Å². The van der Waals surface area contributed by atoms with Crippen LogP contribution in [-0.4, -0.2) is 67.2 Å². The van der Waals surface area contributed by atoms with E-state index in [4.69, 9.17) is 16.8 Å². The first-order valence-corrected chi connectivity index (χ1v) is 14.3. The average molecular weight is 628 g/mol. The normalized spacial score (nSPS) is 12.2. The summed E-state index contributed by atoms with van der Waals surface area (Å²) >= 11 is 6.38. The number of unbranched alkanes of at least 4 members (excludes halogenated alkanes) is 1. The van der Waals surface area contributed by atoms with Crippen molar-refractivity contribution in [3.8, 4) is 0 Å². The minimum absolute atomic E-state index is 0.0439. The summed E-state index contributed by atoms with van der Waals surface area (Å²) in [5.41, 5.74) is 2.95. The number of aromatic nitrogens is 2. The predicted octanol–water partition coefficient (Wildman–Crippen LogP) is 2.68. The van der Waals surface area contributed by atoms with Crippen LogP contribution in [0.2, 0.25) is 5.15 Å². The number of hydrogen-bond acceptors (Lipinski definition) is 7. The van der Waals surface area contributed by atoms with Crippen LogP contribution in [0.3, 0.4) is 0 Å². The van der Waals surface area contributed by atoms with Gasteiger partial charge in [-0.1, -0.05) is 67.4 Å². The monoisotopic (exact) mass is 627 g/mol. The lowest BCUT2D eigenvalue weighted by molar-refractivity contribution is -0.146. The number of amides is 3. The van der Waals surface area contributed by atoms with E-state index in [-0.39, 0.29) is 42.3 Å². The summed E-state index contributed by atoms with van der Waals surface area (Å²) in [7, 11) is 0. The van der Waals surface area contributed by atoms with Crippen LogP contribution in [0.1, 0.15) is 64.0 Å². The van der Waals surface area contributed by atoms with Gasteiger partial charge >= 0.3 is 11.9 Å². The SMILES string of the molecule is CCCCc1nc(Cl)c(C(=O)NCCC(NC(=O)C(Cc2ccccc2)C(=O)NO)C(=O)O)n1Cc1ccc(C(=O)O)cc1. The van der Waals surface area contributed by atoms with E-state index in [1.165, 1.54) is 17.6 Å². The molecule has 44 heavy (non-hydrogen) atoms. The molecule has 0 bridgehead atoms. The Morgan fingerprint density at radius 2 is 1.64 bits per heavy atom. The van der Waals surface area contributed by atoms with Gasteiger partial charge in [0, 0.05) is 19.5 Å². The van der Waals surface area contributed by atoms with Crippen LogP contribution < -0.4 is 16.1 Å². The lowest BCUT2D eigenvalue weighted by Crippen LogP contribution is -2.49. The lowest BCUT2D eigenvalue weighted by Gasteiger charge is -2.19. The van der Waals surface area contributed by atoms with Crippen LogP contribution in [0.4, 0.5) is 0 Å². The maximum absolute atomic E-state index is 13.3. The summed E-state index contributed by atoms with van der Waals surface area (Å²) in [6.07, 6.45) is 1.88. The number of nitrogens with one attached hydrogen (secondary N) is 3. The number of carbonyl (C=O) groups is 5. The zero-order valence-electron chi connectivity index (χ0n) is 24.0. The van der Waals surface area contributed by atoms with Gasteiger partial charge in [0.25, 0.3) is 11.8 Å². The smallest absolute Gasteiger partial charge is 0.335 e. The van der Waals surface area contributed by atoms with Crippen molar-refractivity contribution in [3.63, 3.8) is 0 Å². The van der Waals surface area contributed by atoms with Crippen molar-refractivity contribution in [2.24, 2.45) is 5.92 Å². The number of halogens is 1. The van der Waals surface area contributed by atoms with Crippen molar-refractivity contribution >= 4 is 41.3 Å². The van der Waals surface area contributed by atoms with Gasteiger partial charge in [0.2, 0.25) is 5.91 Å². The van der Waals surface area contributed by atoms with Gasteiger partial charge in [-0.3, -0.25) is 19.6 Å². The highest BCUT2D eigenvalue weighted by atomic mass is 35.5. The summed E-state index contributed by atoms with van der Waals surface area (Å²) in [4.78, 5) is 65.9. The molecular formula is C30H34ClN5O8. The van der Waals surface area contributed by atoms with Crippen molar-refractivity contribution < 1.29 is 39.4 Å². The number of carboxylic acids is 2. The number of hydrogen-bond donors (Lipinski definition) is 6. The molecular weight excluding hydrogens is 594 g/mol. The van der Waals surface area contributed by atoms with Crippen LogP contribution in [0.15, 0.2) is 54.6 Å². The number of imidazole rings is 1. The van der Waals surface area contributed by atoms with Gasteiger partial charge in [0.05, 0.1) is 5.56 Å². The first-order chi connectivity index (χ1) is 21.0. The van der Waals surface area contributed by atoms with Crippen molar-refractivity contribution in [2.75, 3.05) is 6.54 Å². The van der Waals surface area contributed by atoms with E-state index in [0.29, 0.717) is 23.4 Å². The zero-order valence-corrected chi connectivity index (χ0v) is 24.7. The number of benzene rings is 2. The van der Waals surface area contributed by atoms with Crippen molar-refractivity contribution in [2.45, 2.75) is 51.6 Å². The second-order valence-electron chi connectivity index (χ2n) is 10.0. The second kappa shape index (κ2) is 16.2. The minimum atomic E-state index is -1.46. The summed E-state index contributed by atoms with van der Waals surface area (Å²) in [6.45, 7) is 2.01. The molecule has 0 radical (unpaired) electrons. The number of hydroxylamine groups is 1. The Labute approximate surface area is 258 Å². The molecule has 0 fully saturated rings. The Balaban J connectivity index is 1.72. The van der Waals surface area contributed by atoms with E-state index < -0.39 is 41.6 Å². The number of carbonyl (C=O) groups excluding carboxylic acids is 3. The Hall–Kier alpha value is -4.75. The highest BCUT2D eigenvalue weighted by molar-refractivity contribution is 6.32. The molecule has 2 aromatic carbocycles. The summed E-state index contributed by atoms with van der Waals surface area (Å²) in [5, 5.41) is 32.9. The largest absolute Gasteiger partial charge is 0.480 e. The Bertz CT molecular complexity index is 1480. The van der Waals surface area contributed by atoms with E-state index >= 15 is 0 Å². The minimum Gasteiger partial charge on any atom is -0.480 e. The van der Waals surface area contributed by atoms with E-state index in [2.05, 4.69) is 15.6 Å². The molecule has 0 aliphatic rings. The summed E-state index contributed by atoms with van der Waals surface area (Å²) in [5.74, 6) is -5.82. The maximum atomic E-state index is 13.3. The predicted molar refractivity (Wildman–Crippen MR) is 158 cm³/mol. The van der Waals surface area contributed by atoms with Gasteiger partial charge in [0.15, 0.2) is 5.15 Å². The molecule has 3 rings (SSSR count). The average Bonchev–Trinajstić information content (AvgIpc) is 3.32. The molecule has 0 aliphatic heterocycles. The third-order valence-electron chi connectivity index (χ3n) is 6.87. The van der Waals surface area contributed by atoms with Crippen LogP contribution >= 0.6 is 11.6 Å². The number of aryl methyl sites for hydroxylation is 1. The van der Waals surface area contributed by atoms with E-state index in [0.717, 1.165) is 12.8 Å². The van der Waals surface area contributed by atoms with E-state index in [9.17, 15) is 34.2 Å². The Morgan fingerprint density at radius 1 is 0.955 bits per heavy atom. The fraction of sp³-hybridized carbons (Fsp3) is 0.333. The molecule has 2 atom stereocenters. The third-order valence-corrected chi connectivity index (χ3v) is 7.14. The van der Waals surface area contributed by atoms with Gasteiger partial charge < -0.3 is 25.4 Å². The van der Waals surface area contributed by atoms with Gasteiger partial charge in [-0.25, -0.2) is 20.1 Å². The fourth-order valence-corrected chi connectivity index (χ4v) is 4.78. The standard InChI is InChI=1S/C30H34ClN5O8/c1-2-3-9-23-34-25(31)24(36(23)17-19-10-12-20(13-11-19)29(40)41)28(39)32-15-14-22(30(42)43)33-26(37)21(27(38)35-44)16-18-7-5-4-6-8-18/h4-8,10-13,21-22,44H,2-3,9,14-17H2,1H3,(H,32,39)(H,33,37)(H,35,38)(H,40,41)(H,42,43). The molecule has 0 spiro atoms. The fourth-order valence-electron chi connectivity index (χ4n) is 4.49. The van der Waals surface area contributed by atoms with Crippen LogP contribution in [0.5, 0.6) is 0 Å². The first kappa shape index (κ1) is 33.7. The molecule has 3 amide bonds. The van der Waals surface area contributed by atoms with Crippen molar-refractivity contribution in [1.29, 1.82) is 0 Å². The van der Waals surface area contributed by atoms with Crippen LogP contribution in [0, 0.1) is 5.92 Å². The molecule has 3 aromatic rings. The van der Waals surface area contributed by atoms with Gasteiger partial charge in [-0.2, -0.15) is 0 Å². The molecule has 13 nitrogen and oxygen atoms in total. The number of aliphatic carboxylic acids is 1. The molecule has 6 N–H and O–H groups in total. The maximum Gasteiger partial charge on any atom is 0.335 e. The lowest BCUT2D eigenvalue weighted by atomic mass is 9.97. The van der Waals surface area contributed by atoms with E-state index in [1.807, 2.05) is 6.92 Å². The quantitative estimate of drug-likeness (QED) is 0.0784. The molecule has 0 saturated heterocycles. The molecule has 14 heteroatoms. The Morgan fingerprint density at radius 3 is 2.23 bits per heavy atom. The van der Waals surface area contributed by atoms with Gasteiger partial charge in [0.1, 0.15) is 23.5 Å². The topological polar surface area (TPSA) is 200 Å². The zero-order chi connectivity index (χ0) is 32.2. The molecule has 1 aromatic heterocycles. The first-order valence-electron chi connectivity index (χ1n) is 13.9. The summed E-state index contributed by atoms with van der Waals surface area (Å²) < 4.78 is 1.64. The summed E-state index contributed by atoms with van der Waals surface area (Å²) in [6, 6.07) is 13.3. The van der Waals surface area contributed by atoms with E-state index in [1.54, 1.807) is 47.0 Å². The molecule has 0 aliphatic carbocycles. The number of aromatic carboxylic acids is 1. The highest BCUT2D eigenvalue weighted by Crippen LogP contribution is 2.21. The second-order valence-corrected chi connectivity index (χ2v) is 10.4. The van der Waals surface area contributed by atoms with Crippen molar-refractivity contribution in [1.82, 2.24) is 25.7 Å². The van der Waals surface area contributed by atoms with Crippen LogP contribution in [-0.2, 0) is 33.8 Å². The molecule has 1 heterocycles. The molecule has 234 valence electrons. The molecule has 0 saturated carbocycles. The highest BCUT2D eigenvalue weighted by Gasteiger charge is 2.31. The number of nitrogens with zero attached hydrogens (tertiary/aromatic N) is 2. The Kier molecular flexibility index (Phi) is 12.4. The van der Waals surface area contributed by atoms with Crippen LogP contribution in [0.25, 0.3) is 0 Å².